The number of carbonyl (C=O) groups is 1. The van der Waals surface area contributed by atoms with Gasteiger partial charge in [0.05, 0.1) is 26.2 Å². The molecule has 2 aromatic carbocycles. The van der Waals surface area contributed by atoms with Crippen LogP contribution >= 0.6 is 0 Å². The maximum atomic E-state index is 12.3. The average Bonchev–Trinajstić information content (AvgIpc) is 2.63. The molecule has 2 aromatic rings. The molecule has 0 aliphatic carbocycles. The smallest absolute Gasteiger partial charge is 0.260 e. The standard InChI is InChI=1S/C20H24N2O2/c1-17-7-9-18(10-8-17)15-21-11-13-22(14-12-21)20(23)16-24-19-5-3-2-4-6-19/h2-10H,11-16H2,1H3/p+1. The van der Waals surface area contributed by atoms with Crippen LogP contribution < -0.4 is 9.64 Å². The molecule has 0 spiro atoms. The second kappa shape index (κ2) is 7.97. The number of piperazine rings is 1. The van der Waals surface area contributed by atoms with E-state index in [1.807, 2.05) is 35.2 Å². The Labute approximate surface area is 143 Å². The van der Waals surface area contributed by atoms with Crippen molar-refractivity contribution in [3.63, 3.8) is 0 Å². The van der Waals surface area contributed by atoms with Crippen molar-refractivity contribution < 1.29 is 14.4 Å². The Balaban J connectivity index is 1.42. The van der Waals surface area contributed by atoms with Gasteiger partial charge in [0.15, 0.2) is 6.61 Å². The van der Waals surface area contributed by atoms with Crippen molar-refractivity contribution in [2.45, 2.75) is 13.5 Å². The zero-order valence-corrected chi connectivity index (χ0v) is 14.2. The molecular weight excluding hydrogens is 300 g/mol. The highest BCUT2D eigenvalue weighted by Gasteiger charge is 2.23. The van der Waals surface area contributed by atoms with E-state index in [0.717, 1.165) is 38.5 Å². The molecule has 1 aliphatic heterocycles. The fraction of sp³-hybridized carbons (Fsp3) is 0.350. The molecule has 4 heteroatoms. The van der Waals surface area contributed by atoms with E-state index < -0.39 is 0 Å². The molecule has 1 saturated heterocycles. The van der Waals surface area contributed by atoms with Gasteiger partial charge in [-0.3, -0.25) is 4.79 Å². The summed E-state index contributed by atoms with van der Waals surface area (Å²) in [6, 6.07) is 18.2. The van der Waals surface area contributed by atoms with Crippen LogP contribution in [0.3, 0.4) is 0 Å². The van der Waals surface area contributed by atoms with Crippen molar-refractivity contribution >= 4 is 5.91 Å². The minimum absolute atomic E-state index is 0.0771. The van der Waals surface area contributed by atoms with Gasteiger partial charge in [0.1, 0.15) is 12.3 Å². The predicted octanol–water partition coefficient (Wildman–Crippen LogP) is 1.30. The number of amides is 1. The van der Waals surface area contributed by atoms with E-state index in [2.05, 4.69) is 31.2 Å². The molecule has 1 fully saturated rings. The van der Waals surface area contributed by atoms with Gasteiger partial charge in [0, 0.05) is 5.56 Å². The molecular formula is C20H25N2O2+. The zero-order valence-electron chi connectivity index (χ0n) is 14.2. The minimum Gasteiger partial charge on any atom is -0.484 e. The van der Waals surface area contributed by atoms with E-state index in [1.54, 1.807) is 0 Å². The van der Waals surface area contributed by atoms with Crippen molar-refractivity contribution in [2.24, 2.45) is 0 Å². The lowest BCUT2D eigenvalue weighted by Gasteiger charge is -2.32. The van der Waals surface area contributed by atoms with Gasteiger partial charge in [0.2, 0.25) is 0 Å². The third-order valence-corrected chi connectivity index (χ3v) is 4.50. The number of benzene rings is 2. The first-order valence-electron chi connectivity index (χ1n) is 8.55. The third kappa shape index (κ3) is 4.59. The molecule has 126 valence electrons. The number of para-hydroxylation sites is 1. The Morgan fingerprint density at radius 1 is 1.04 bits per heavy atom. The van der Waals surface area contributed by atoms with Crippen LogP contribution in [-0.2, 0) is 11.3 Å². The number of hydrogen-bond acceptors (Lipinski definition) is 2. The minimum atomic E-state index is 0.0771. The highest BCUT2D eigenvalue weighted by molar-refractivity contribution is 5.77. The molecule has 0 bridgehead atoms. The Bertz CT molecular complexity index is 647. The number of nitrogens with zero attached hydrogens (tertiary/aromatic N) is 1. The molecule has 0 radical (unpaired) electrons. The summed E-state index contributed by atoms with van der Waals surface area (Å²) in [5.74, 6) is 0.822. The third-order valence-electron chi connectivity index (χ3n) is 4.50. The molecule has 3 rings (SSSR count). The fourth-order valence-electron chi connectivity index (χ4n) is 3.00. The number of hydrogen-bond donors (Lipinski definition) is 1. The Morgan fingerprint density at radius 2 is 1.71 bits per heavy atom. The van der Waals surface area contributed by atoms with E-state index in [4.69, 9.17) is 4.74 Å². The van der Waals surface area contributed by atoms with Crippen LogP contribution in [0.25, 0.3) is 0 Å². The number of ether oxygens (including phenoxy) is 1. The van der Waals surface area contributed by atoms with Gasteiger partial charge in [0.25, 0.3) is 5.91 Å². The van der Waals surface area contributed by atoms with Crippen molar-refractivity contribution in [3.05, 3.63) is 65.7 Å². The SMILES string of the molecule is Cc1ccc(C[NH+]2CCN(C(=O)COc3ccccc3)CC2)cc1. The molecule has 1 heterocycles. The molecule has 0 atom stereocenters. The summed E-state index contributed by atoms with van der Waals surface area (Å²) in [4.78, 5) is 15.7. The van der Waals surface area contributed by atoms with Gasteiger partial charge in [-0.25, -0.2) is 0 Å². The monoisotopic (exact) mass is 325 g/mol. The second-order valence-corrected chi connectivity index (χ2v) is 6.39. The van der Waals surface area contributed by atoms with Crippen LogP contribution in [0.5, 0.6) is 5.75 Å². The normalized spacial score (nSPS) is 15.3. The van der Waals surface area contributed by atoms with E-state index in [1.165, 1.54) is 16.0 Å². The highest BCUT2D eigenvalue weighted by Crippen LogP contribution is 2.08. The Morgan fingerprint density at radius 3 is 2.38 bits per heavy atom. The maximum Gasteiger partial charge on any atom is 0.260 e. The molecule has 24 heavy (non-hydrogen) atoms. The summed E-state index contributed by atoms with van der Waals surface area (Å²) in [5, 5.41) is 0. The van der Waals surface area contributed by atoms with Gasteiger partial charge in [-0.2, -0.15) is 0 Å². The molecule has 1 amide bonds. The van der Waals surface area contributed by atoms with Crippen LogP contribution in [0.4, 0.5) is 0 Å². The van der Waals surface area contributed by atoms with E-state index >= 15 is 0 Å². The van der Waals surface area contributed by atoms with Gasteiger partial charge in [-0.05, 0) is 19.1 Å². The summed E-state index contributed by atoms with van der Waals surface area (Å²) in [5.41, 5.74) is 2.66. The van der Waals surface area contributed by atoms with Crippen LogP contribution in [0.15, 0.2) is 54.6 Å². The van der Waals surface area contributed by atoms with Crippen molar-refractivity contribution in [2.75, 3.05) is 32.8 Å². The first-order valence-corrected chi connectivity index (χ1v) is 8.55. The lowest BCUT2D eigenvalue weighted by Crippen LogP contribution is -3.13. The summed E-state index contributed by atoms with van der Waals surface area (Å²) in [6.45, 7) is 6.85. The molecule has 1 N–H and O–H groups in total. The lowest BCUT2D eigenvalue weighted by atomic mass is 10.1. The molecule has 1 aliphatic rings. The largest absolute Gasteiger partial charge is 0.484 e. The van der Waals surface area contributed by atoms with Crippen molar-refractivity contribution in [1.29, 1.82) is 0 Å². The quantitative estimate of drug-likeness (QED) is 0.899. The molecule has 0 aromatic heterocycles. The Hall–Kier alpha value is -2.33. The predicted molar refractivity (Wildman–Crippen MR) is 94.1 cm³/mol. The maximum absolute atomic E-state index is 12.3. The molecule has 4 nitrogen and oxygen atoms in total. The number of quaternary nitrogens is 1. The number of rotatable bonds is 5. The number of nitrogens with one attached hydrogen (secondary N) is 1. The Kier molecular flexibility index (Phi) is 5.49. The number of aryl methyl sites for hydroxylation is 1. The van der Waals surface area contributed by atoms with Crippen LogP contribution in [0.1, 0.15) is 11.1 Å². The van der Waals surface area contributed by atoms with Gasteiger partial charge >= 0.3 is 0 Å². The first-order chi connectivity index (χ1) is 11.7. The lowest BCUT2D eigenvalue weighted by molar-refractivity contribution is -0.917. The first kappa shape index (κ1) is 16.5. The summed E-state index contributed by atoms with van der Waals surface area (Å²) in [6.07, 6.45) is 0. The van der Waals surface area contributed by atoms with Crippen LogP contribution in [0, 0.1) is 6.92 Å². The number of carbonyl (C=O) groups excluding carboxylic acids is 1. The van der Waals surface area contributed by atoms with Crippen molar-refractivity contribution in [3.8, 4) is 5.75 Å². The summed E-state index contributed by atoms with van der Waals surface area (Å²) in [7, 11) is 0. The second-order valence-electron chi connectivity index (χ2n) is 6.39. The van der Waals surface area contributed by atoms with Crippen molar-refractivity contribution in [1.82, 2.24) is 4.90 Å². The van der Waals surface area contributed by atoms with E-state index in [9.17, 15) is 4.79 Å². The van der Waals surface area contributed by atoms with E-state index in [-0.39, 0.29) is 12.5 Å². The summed E-state index contributed by atoms with van der Waals surface area (Å²) < 4.78 is 5.56. The zero-order chi connectivity index (χ0) is 16.8. The van der Waals surface area contributed by atoms with Crippen LogP contribution in [0.2, 0.25) is 0 Å². The molecule has 0 saturated carbocycles. The van der Waals surface area contributed by atoms with Crippen LogP contribution in [-0.4, -0.2) is 43.6 Å². The molecule has 0 unspecified atom stereocenters. The van der Waals surface area contributed by atoms with Gasteiger partial charge < -0.3 is 14.5 Å². The van der Waals surface area contributed by atoms with Gasteiger partial charge in [-0.15, -0.1) is 0 Å². The highest BCUT2D eigenvalue weighted by atomic mass is 16.5. The average molecular weight is 325 g/mol. The van der Waals surface area contributed by atoms with Gasteiger partial charge in [-0.1, -0.05) is 48.0 Å². The van der Waals surface area contributed by atoms with E-state index in [0.29, 0.717) is 0 Å². The fourth-order valence-corrected chi connectivity index (χ4v) is 3.00. The summed E-state index contributed by atoms with van der Waals surface area (Å²) >= 11 is 0. The topological polar surface area (TPSA) is 34.0 Å².